The molecule has 0 amide bonds. The molecule has 132 valence electrons. The van der Waals surface area contributed by atoms with Gasteiger partial charge in [0.25, 0.3) is 0 Å². The Morgan fingerprint density at radius 2 is 1.60 bits per heavy atom. The van der Waals surface area contributed by atoms with E-state index in [4.69, 9.17) is 14.2 Å². The molecule has 3 aromatic carbocycles. The quantitative estimate of drug-likeness (QED) is 0.632. The number of likely N-dealkylation sites (N-methyl/N-ethyl adjacent to an activating group) is 1. The van der Waals surface area contributed by atoms with Gasteiger partial charge < -0.3 is 19.1 Å². The lowest BCUT2D eigenvalue weighted by molar-refractivity contribution is 0.358. The number of benzene rings is 3. The molecule has 0 saturated carbocycles. The standard InChI is InChI=1S/C21H25NO3/c1-22(2)11-10-15-12-19(24-4)21(25-5)20-17(15)9-7-14-6-8-16(23-3)13-18(14)20/h6-9,12-13H,10-11H2,1-5H3. The van der Waals surface area contributed by atoms with E-state index in [2.05, 4.69) is 49.3 Å². The maximum Gasteiger partial charge on any atom is 0.169 e. The zero-order valence-electron chi connectivity index (χ0n) is 15.6. The van der Waals surface area contributed by atoms with E-state index in [1.165, 1.54) is 10.9 Å². The predicted molar refractivity (Wildman–Crippen MR) is 103 cm³/mol. The average molecular weight is 339 g/mol. The van der Waals surface area contributed by atoms with Gasteiger partial charge >= 0.3 is 0 Å². The number of ether oxygens (including phenoxy) is 3. The molecular formula is C21H25NO3. The monoisotopic (exact) mass is 339 g/mol. The summed E-state index contributed by atoms with van der Waals surface area (Å²) < 4.78 is 16.8. The number of hydrogen-bond donors (Lipinski definition) is 0. The summed E-state index contributed by atoms with van der Waals surface area (Å²) in [4.78, 5) is 2.19. The van der Waals surface area contributed by atoms with E-state index in [-0.39, 0.29) is 0 Å². The third kappa shape index (κ3) is 3.22. The highest BCUT2D eigenvalue weighted by Crippen LogP contribution is 2.42. The SMILES string of the molecule is COc1ccc2ccc3c(CCN(C)C)cc(OC)c(OC)c3c2c1. The van der Waals surface area contributed by atoms with E-state index >= 15 is 0 Å². The number of hydrogen-bond acceptors (Lipinski definition) is 4. The maximum absolute atomic E-state index is 5.74. The molecular weight excluding hydrogens is 314 g/mol. The second-order valence-electron chi connectivity index (χ2n) is 6.40. The molecule has 0 fully saturated rings. The molecule has 0 aliphatic rings. The first-order chi connectivity index (χ1) is 12.1. The van der Waals surface area contributed by atoms with E-state index in [9.17, 15) is 0 Å². The number of nitrogens with zero attached hydrogens (tertiary/aromatic N) is 1. The average Bonchev–Trinajstić information content (AvgIpc) is 2.64. The summed E-state index contributed by atoms with van der Waals surface area (Å²) in [6.45, 7) is 0.973. The van der Waals surface area contributed by atoms with Crippen LogP contribution in [-0.2, 0) is 6.42 Å². The second kappa shape index (κ2) is 7.19. The lowest BCUT2D eigenvalue weighted by Crippen LogP contribution is -2.15. The molecule has 0 unspecified atom stereocenters. The van der Waals surface area contributed by atoms with Crippen LogP contribution in [0.3, 0.4) is 0 Å². The van der Waals surface area contributed by atoms with E-state index in [0.29, 0.717) is 0 Å². The van der Waals surface area contributed by atoms with Gasteiger partial charge in [0.1, 0.15) is 5.75 Å². The molecule has 4 nitrogen and oxygen atoms in total. The lowest BCUT2D eigenvalue weighted by Gasteiger charge is -2.18. The first-order valence-corrected chi connectivity index (χ1v) is 8.38. The molecule has 3 rings (SSSR count). The Kier molecular flexibility index (Phi) is 5.00. The number of methoxy groups -OCH3 is 3. The Morgan fingerprint density at radius 1 is 0.840 bits per heavy atom. The zero-order valence-corrected chi connectivity index (χ0v) is 15.6. The molecule has 0 heterocycles. The Labute approximate surface area is 148 Å². The van der Waals surface area contributed by atoms with Crippen LogP contribution in [0.5, 0.6) is 17.2 Å². The van der Waals surface area contributed by atoms with Crippen LogP contribution in [0, 0.1) is 0 Å². The van der Waals surface area contributed by atoms with Gasteiger partial charge in [-0.3, -0.25) is 0 Å². The fourth-order valence-electron chi connectivity index (χ4n) is 3.27. The molecule has 0 aliphatic carbocycles. The summed E-state index contributed by atoms with van der Waals surface area (Å²) in [5.74, 6) is 2.36. The van der Waals surface area contributed by atoms with Crippen LogP contribution in [0.15, 0.2) is 36.4 Å². The van der Waals surface area contributed by atoms with Crippen molar-refractivity contribution in [2.75, 3.05) is 42.0 Å². The van der Waals surface area contributed by atoms with Gasteiger partial charge in [-0.05, 0) is 60.4 Å². The summed E-state index contributed by atoms with van der Waals surface area (Å²) in [5, 5.41) is 4.53. The van der Waals surface area contributed by atoms with Gasteiger partial charge in [-0.2, -0.15) is 0 Å². The van der Waals surface area contributed by atoms with Crippen LogP contribution in [0.2, 0.25) is 0 Å². The minimum absolute atomic E-state index is 0.763. The molecule has 4 heteroatoms. The van der Waals surface area contributed by atoms with Crippen LogP contribution in [0.4, 0.5) is 0 Å². The largest absolute Gasteiger partial charge is 0.497 e. The highest BCUT2D eigenvalue weighted by molar-refractivity contribution is 6.13. The van der Waals surface area contributed by atoms with Crippen molar-refractivity contribution in [2.45, 2.75) is 6.42 Å². The number of fused-ring (bicyclic) bond motifs is 3. The highest BCUT2D eigenvalue weighted by atomic mass is 16.5. The molecule has 3 aromatic rings. The summed E-state index contributed by atoms with van der Waals surface area (Å²) in [5.41, 5.74) is 1.26. The van der Waals surface area contributed by atoms with Crippen LogP contribution in [-0.4, -0.2) is 46.9 Å². The summed E-state index contributed by atoms with van der Waals surface area (Å²) in [7, 11) is 9.24. The number of rotatable bonds is 6. The molecule has 0 radical (unpaired) electrons. The Hall–Kier alpha value is -2.46. The molecule has 0 spiro atoms. The van der Waals surface area contributed by atoms with Crippen molar-refractivity contribution in [1.29, 1.82) is 0 Å². The van der Waals surface area contributed by atoms with Crippen molar-refractivity contribution in [3.8, 4) is 17.2 Å². The van der Waals surface area contributed by atoms with Crippen molar-refractivity contribution in [1.82, 2.24) is 4.90 Å². The molecule has 0 atom stereocenters. The fraction of sp³-hybridized carbons (Fsp3) is 0.333. The van der Waals surface area contributed by atoms with Crippen LogP contribution < -0.4 is 14.2 Å². The van der Waals surface area contributed by atoms with Gasteiger partial charge in [0.05, 0.1) is 21.3 Å². The maximum atomic E-state index is 5.74. The van der Waals surface area contributed by atoms with Crippen LogP contribution in [0.1, 0.15) is 5.56 Å². The Morgan fingerprint density at radius 3 is 2.24 bits per heavy atom. The predicted octanol–water partition coefficient (Wildman–Crippen LogP) is 4.12. The van der Waals surface area contributed by atoms with Crippen molar-refractivity contribution in [3.63, 3.8) is 0 Å². The van der Waals surface area contributed by atoms with Crippen molar-refractivity contribution < 1.29 is 14.2 Å². The molecule has 0 aliphatic heterocycles. The van der Waals surface area contributed by atoms with Crippen molar-refractivity contribution in [3.05, 3.63) is 42.0 Å². The summed E-state index contributed by atoms with van der Waals surface area (Å²) >= 11 is 0. The summed E-state index contributed by atoms with van der Waals surface area (Å²) in [6.07, 6.45) is 0.944. The van der Waals surface area contributed by atoms with Crippen molar-refractivity contribution in [2.24, 2.45) is 0 Å². The molecule has 0 saturated heterocycles. The van der Waals surface area contributed by atoms with Gasteiger partial charge in [0.2, 0.25) is 0 Å². The molecule has 0 N–H and O–H groups in total. The first kappa shape index (κ1) is 17.4. The van der Waals surface area contributed by atoms with E-state index in [1.807, 2.05) is 6.07 Å². The summed E-state index contributed by atoms with van der Waals surface area (Å²) in [6, 6.07) is 12.5. The third-order valence-electron chi connectivity index (χ3n) is 4.58. The topological polar surface area (TPSA) is 30.9 Å². The van der Waals surface area contributed by atoms with E-state index < -0.39 is 0 Å². The van der Waals surface area contributed by atoms with E-state index in [0.717, 1.165) is 46.4 Å². The zero-order chi connectivity index (χ0) is 18.0. The van der Waals surface area contributed by atoms with Gasteiger partial charge in [0, 0.05) is 11.9 Å². The second-order valence-corrected chi connectivity index (χ2v) is 6.40. The van der Waals surface area contributed by atoms with Gasteiger partial charge in [-0.1, -0.05) is 18.2 Å². The van der Waals surface area contributed by atoms with E-state index in [1.54, 1.807) is 21.3 Å². The fourth-order valence-corrected chi connectivity index (χ4v) is 3.27. The minimum Gasteiger partial charge on any atom is -0.497 e. The molecule has 0 bridgehead atoms. The van der Waals surface area contributed by atoms with Gasteiger partial charge in [-0.15, -0.1) is 0 Å². The van der Waals surface area contributed by atoms with Crippen LogP contribution in [0.25, 0.3) is 21.5 Å². The minimum atomic E-state index is 0.763. The Balaban J connectivity index is 2.37. The molecule has 25 heavy (non-hydrogen) atoms. The highest BCUT2D eigenvalue weighted by Gasteiger charge is 2.16. The van der Waals surface area contributed by atoms with Crippen molar-refractivity contribution >= 4 is 21.5 Å². The van der Waals surface area contributed by atoms with Gasteiger partial charge in [-0.25, -0.2) is 0 Å². The third-order valence-corrected chi connectivity index (χ3v) is 4.58. The van der Waals surface area contributed by atoms with Gasteiger partial charge in [0.15, 0.2) is 11.5 Å². The lowest BCUT2D eigenvalue weighted by atomic mass is 9.95. The Bertz CT molecular complexity index is 903. The normalized spacial score (nSPS) is 11.3. The first-order valence-electron chi connectivity index (χ1n) is 8.38. The smallest absolute Gasteiger partial charge is 0.169 e. The molecule has 0 aromatic heterocycles. The van der Waals surface area contributed by atoms with Crippen LogP contribution >= 0.6 is 0 Å².